The number of carbonyl (C=O) groups is 1. The maximum absolute atomic E-state index is 11.8. The van der Waals surface area contributed by atoms with Crippen molar-refractivity contribution in [1.82, 2.24) is 20.1 Å². The number of H-pyrrole nitrogens is 1. The van der Waals surface area contributed by atoms with Gasteiger partial charge in [0.1, 0.15) is 22.9 Å². The average molecular weight is 515 g/mol. The van der Waals surface area contributed by atoms with Gasteiger partial charge in [0.25, 0.3) is 5.91 Å². The van der Waals surface area contributed by atoms with E-state index in [2.05, 4.69) is 15.2 Å². The molecule has 35 heavy (non-hydrogen) atoms. The van der Waals surface area contributed by atoms with E-state index in [4.69, 9.17) is 37.4 Å². The van der Waals surface area contributed by atoms with Crippen molar-refractivity contribution in [1.29, 1.82) is 0 Å². The first kappa shape index (κ1) is 24.6. The first-order valence-corrected chi connectivity index (χ1v) is 11.4. The fourth-order valence-corrected chi connectivity index (χ4v) is 4.30. The Balaban J connectivity index is 1.69. The van der Waals surface area contributed by atoms with E-state index < -0.39 is 0 Å². The highest BCUT2D eigenvalue weighted by atomic mass is 35.5. The van der Waals surface area contributed by atoms with E-state index >= 15 is 0 Å². The number of halogens is 2. The molecule has 0 saturated heterocycles. The van der Waals surface area contributed by atoms with Crippen molar-refractivity contribution in [2.45, 2.75) is 6.92 Å². The van der Waals surface area contributed by atoms with Crippen LogP contribution in [0, 0.1) is 6.92 Å². The highest BCUT2D eigenvalue weighted by Gasteiger charge is 2.21. The van der Waals surface area contributed by atoms with Crippen LogP contribution >= 0.6 is 23.2 Å². The van der Waals surface area contributed by atoms with E-state index in [1.54, 1.807) is 26.4 Å². The molecule has 0 spiro atoms. The Morgan fingerprint density at radius 1 is 1.03 bits per heavy atom. The second-order valence-corrected chi connectivity index (χ2v) is 8.78. The van der Waals surface area contributed by atoms with E-state index in [0.29, 0.717) is 38.6 Å². The lowest BCUT2D eigenvalue weighted by molar-refractivity contribution is -0.130. The fourth-order valence-electron chi connectivity index (χ4n) is 3.61. The Hall–Kier alpha value is -3.49. The van der Waals surface area contributed by atoms with Crippen molar-refractivity contribution < 1.29 is 19.0 Å². The Kier molecular flexibility index (Phi) is 7.05. The molecule has 1 N–H and O–H groups in total. The van der Waals surface area contributed by atoms with Crippen LogP contribution in [0.5, 0.6) is 17.2 Å². The third-order valence-electron chi connectivity index (χ3n) is 5.58. The maximum Gasteiger partial charge on any atom is 0.259 e. The molecule has 0 saturated carbocycles. The van der Waals surface area contributed by atoms with E-state index in [-0.39, 0.29) is 12.5 Å². The van der Waals surface area contributed by atoms with Gasteiger partial charge in [0, 0.05) is 42.9 Å². The fraction of sp³-hybridized carbons (Fsp3) is 0.240. The van der Waals surface area contributed by atoms with Crippen LogP contribution in [0.4, 0.5) is 0 Å². The zero-order valence-corrected chi connectivity index (χ0v) is 21.4. The predicted molar refractivity (Wildman–Crippen MR) is 137 cm³/mol. The number of nitrogens with one attached hydrogen (secondary N) is 1. The number of ether oxygens (including phenoxy) is 3. The number of carbonyl (C=O) groups excluding carboxylic acids is 1. The lowest BCUT2D eigenvalue weighted by Gasteiger charge is -2.14. The Bertz CT molecular complexity index is 1390. The van der Waals surface area contributed by atoms with E-state index in [1.165, 1.54) is 19.1 Å². The number of nitrogens with zero attached hydrogens (tertiary/aromatic N) is 3. The molecule has 2 heterocycles. The zero-order valence-electron chi connectivity index (χ0n) is 19.9. The Labute approximate surface area is 212 Å². The minimum Gasteiger partial charge on any atom is -0.495 e. The number of methoxy groups -OCH3 is 2. The molecule has 4 aromatic rings. The van der Waals surface area contributed by atoms with Crippen LogP contribution in [0.1, 0.15) is 5.56 Å². The lowest BCUT2D eigenvalue weighted by atomic mass is 10.0. The number of hydrogen-bond acceptors (Lipinski definition) is 6. The van der Waals surface area contributed by atoms with Gasteiger partial charge in [-0.25, -0.2) is 0 Å². The van der Waals surface area contributed by atoms with Gasteiger partial charge in [-0.1, -0.05) is 23.2 Å². The van der Waals surface area contributed by atoms with Crippen molar-refractivity contribution in [3.8, 4) is 39.8 Å². The summed E-state index contributed by atoms with van der Waals surface area (Å²) in [5, 5.41) is 9.06. The highest BCUT2D eigenvalue weighted by Crippen LogP contribution is 2.45. The first-order chi connectivity index (χ1) is 16.7. The summed E-state index contributed by atoms with van der Waals surface area (Å²) in [7, 11) is 6.43. The molecule has 0 aliphatic carbocycles. The number of benzene rings is 2. The minimum absolute atomic E-state index is 0.0224. The normalized spacial score (nSPS) is 10.9. The van der Waals surface area contributed by atoms with Gasteiger partial charge in [0.2, 0.25) is 0 Å². The summed E-state index contributed by atoms with van der Waals surface area (Å²) in [6, 6.07) is 9.15. The lowest BCUT2D eigenvalue weighted by Crippen LogP contribution is -2.27. The van der Waals surface area contributed by atoms with Crippen molar-refractivity contribution in [3.05, 3.63) is 52.1 Å². The van der Waals surface area contributed by atoms with Gasteiger partial charge in [-0.3, -0.25) is 14.9 Å². The van der Waals surface area contributed by atoms with Crippen LogP contribution < -0.4 is 14.2 Å². The second-order valence-electron chi connectivity index (χ2n) is 8.03. The minimum atomic E-state index is -0.109. The topological polar surface area (TPSA) is 89.6 Å². The molecular formula is C25H24Cl2N4O4. The second kappa shape index (κ2) is 10.0. The SMILES string of the molecule is COc1cc(OC)c(Cl)c(-c2cc3[nH]nc(-c4ccc(OCC(=O)N(C)C)c(C)c4)c3cn2)c1Cl. The quantitative estimate of drug-likeness (QED) is 0.355. The van der Waals surface area contributed by atoms with Crippen molar-refractivity contribution >= 4 is 40.0 Å². The molecule has 0 unspecified atom stereocenters. The third kappa shape index (κ3) is 4.72. The van der Waals surface area contributed by atoms with Crippen LogP contribution in [0.25, 0.3) is 33.4 Å². The number of fused-ring (bicyclic) bond motifs is 1. The molecule has 8 nitrogen and oxygen atoms in total. The Morgan fingerprint density at radius 2 is 1.71 bits per heavy atom. The highest BCUT2D eigenvalue weighted by molar-refractivity contribution is 6.41. The van der Waals surface area contributed by atoms with Crippen LogP contribution in [0.2, 0.25) is 10.0 Å². The molecule has 182 valence electrons. The van der Waals surface area contributed by atoms with Gasteiger partial charge in [0.05, 0.1) is 35.5 Å². The number of likely N-dealkylation sites (N-methyl/N-ethyl adjacent to an activating group) is 1. The molecule has 10 heteroatoms. The number of hydrogen-bond donors (Lipinski definition) is 1. The summed E-state index contributed by atoms with van der Waals surface area (Å²) in [6.45, 7) is 1.90. The van der Waals surface area contributed by atoms with Crippen molar-refractivity contribution in [3.63, 3.8) is 0 Å². The van der Waals surface area contributed by atoms with Crippen LogP contribution in [-0.2, 0) is 4.79 Å². The maximum atomic E-state index is 11.8. The van der Waals surface area contributed by atoms with Gasteiger partial charge in [-0.15, -0.1) is 0 Å². The molecule has 2 aromatic heterocycles. The molecule has 0 aliphatic rings. The van der Waals surface area contributed by atoms with E-state index in [1.807, 2.05) is 31.2 Å². The molecular weight excluding hydrogens is 491 g/mol. The van der Waals surface area contributed by atoms with Gasteiger partial charge in [0.15, 0.2) is 6.61 Å². The Morgan fingerprint density at radius 3 is 2.31 bits per heavy atom. The molecule has 4 rings (SSSR count). The molecule has 2 aromatic carbocycles. The van der Waals surface area contributed by atoms with Gasteiger partial charge in [-0.05, 0) is 36.8 Å². The monoisotopic (exact) mass is 514 g/mol. The summed E-state index contributed by atoms with van der Waals surface area (Å²) >= 11 is 13.1. The summed E-state index contributed by atoms with van der Waals surface area (Å²) in [6.07, 6.45) is 1.72. The first-order valence-electron chi connectivity index (χ1n) is 10.6. The van der Waals surface area contributed by atoms with Crippen molar-refractivity contribution in [2.24, 2.45) is 0 Å². The zero-order chi connectivity index (χ0) is 25.3. The van der Waals surface area contributed by atoms with Gasteiger partial charge in [-0.2, -0.15) is 5.10 Å². The number of aryl methyl sites for hydroxylation is 1. The van der Waals surface area contributed by atoms with Crippen LogP contribution in [-0.4, -0.2) is 60.9 Å². The molecule has 0 bridgehead atoms. The van der Waals surface area contributed by atoms with Gasteiger partial charge < -0.3 is 19.1 Å². The van der Waals surface area contributed by atoms with Gasteiger partial charge >= 0.3 is 0 Å². The third-order valence-corrected chi connectivity index (χ3v) is 6.33. The average Bonchev–Trinajstić information content (AvgIpc) is 3.26. The number of pyridine rings is 1. The molecule has 0 fully saturated rings. The molecule has 0 radical (unpaired) electrons. The number of rotatable bonds is 7. The summed E-state index contributed by atoms with van der Waals surface area (Å²) < 4.78 is 16.4. The summed E-state index contributed by atoms with van der Waals surface area (Å²) in [5.41, 5.74) is 4.31. The predicted octanol–water partition coefficient (Wildman–Crippen LogP) is 5.39. The van der Waals surface area contributed by atoms with E-state index in [0.717, 1.165) is 27.7 Å². The number of aromatic nitrogens is 3. The smallest absolute Gasteiger partial charge is 0.259 e. The molecule has 1 amide bonds. The standard InChI is InChI=1S/C25H24Cl2N4O4/c1-13-8-14(6-7-18(13)35-12-21(32)31(2)3)25-15-11-28-17(9-16(15)29-30-25)22-23(26)19(33-4)10-20(34-5)24(22)27/h6-11H,12H2,1-5H3,(H,29,30). The van der Waals surface area contributed by atoms with Crippen molar-refractivity contribution in [2.75, 3.05) is 34.9 Å². The largest absolute Gasteiger partial charge is 0.495 e. The van der Waals surface area contributed by atoms with Crippen LogP contribution in [0.15, 0.2) is 36.5 Å². The number of amides is 1. The number of aromatic amines is 1. The summed E-state index contributed by atoms with van der Waals surface area (Å²) in [4.78, 5) is 17.9. The summed E-state index contributed by atoms with van der Waals surface area (Å²) in [5.74, 6) is 1.39. The van der Waals surface area contributed by atoms with Crippen LogP contribution in [0.3, 0.4) is 0 Å². The molecule has 0 aliphatic heterocycles. The van der Waals surface area contributed by atoms with E-state index in [9.17, 15) is 4.79 Å². The molecule has 0 atom stereocenters.